The van der Waals surface area contributed by atoms with Crippen LogP contribution < -0.4 is 15.2 Å². The number of methoxy groups -OCH3 is 2. The molecule has 1 aromatic rings. The van der Waals surface area contributed by atoms with Crippen LogP contribution in [0.25, 0.3) is 0 Å². The molecule has 1 fully saturated rings. The molecule has 106 valence electrons. The standard InChI is InChI=1S/C15H24N2O2/c1-11-6-7-17(10-11)14(9-16)13-5-4-12(18-2)8-15(13)19-3/h4-5,8,11,14H,6-7,9-10,16H2,1-3H3. The monoisotopic (exact) mass is 264 g/mol. The van der Waals surface area contributed by atoms with E-state index in [1.165, 1.54) is 6.42 Å². The third-order valence-corrected chi connectivity index (χ3v) is 3.92. The first-order valence-electron chi connectivity index (χ1n) is 6.85. The Morgan fingerprint density at radius 2 is 2.16 bits per heavy atom. The van der Waals surface area contributed by atoms with Crippen molar-refractivity contribution in [2.75, 3.05) is 33.9 Å². The van der Waals surface area contributed by atoms with Crippen LogP contribution in [0.4, 0.5) is 0 Å². The van der Waals surface area contributed by atoms with Gasteiger partial charge in [-0.2, -0.15) is 0 Å². The normalized spacial score (nSPS) is 21.4. The molecule has 19 heavy (non-hydrogen) atoms. The summed E-state index contributed by atoms with van der Waals surface area (Å²) in [5, 5.41) is 0. The quantitative estimate of drug-likeness (QED) is 0.884. The minimum absolute atomic E-state index is 0.228. The minimum atomic E-state index is 0.228. The number of rotatable bonds is 5. The van der Waals surface area contributed by atoms with Crippen LogP contribution in [0, 0.1) is 5.92 Å². The molecule has 2 atom stereocenters. The van der Waals surface area contributed by atoms with Crippen LogP contribution in [-0.2, 0) is 0 Å². The van der Waals surface area contributed by atoms with Crippen molar-refractivity contribution in [2.24, 2.45) is 11.7 Å². The molecule has 0 spiro atoms. The first-order valence-corrected chi connectivity index (χ1v) is 6.85. The molecule has 0 bridgehead atoms. The first kappa shape index (κ1) is 14.2. The van der Waals surface area contributed by atoms with Crippen molar-refractivity contribution in [3.05, 3.63) is 23.8 Å². The van der Waals surface area contributed by atoms with E-state index in [-0.39, 0.29) is 6.04 Å². The van der Waals surface area contributed by atoms with Gasteiger partial charge in [-0.25, -0.2) is 0 Å². The summed E-state index contributed by atoms with van der Waals surface area (Å²) in [6.45, 7) is 5.11. The Morgan fingerprint density at radius 1 is 1.37 bits per heavy atom. The smallest absolute Gasteiger partial charge is 0.127 e. The van der Waals surface area contributed by atoms with Crippen LogP contribution >= 0.6 is 0 Å². The molecule has 1 aliphatic heterocycles. The van der Waals surface area contributed by atoms with Crippen LogP contribution in [0.15, 0.2) is 18.2 Å². The fourth-order valence-corrected chi connectivity index (χ4v) is 2.82. The van der Waals surface area contributed by atoms with Crippen LogP contribution in [-0.4, -0.2) is 38.8 Å². The molecule has 1 aliphatic rings. The van der Waals surface area contributed by atoms with Crippen LogP contribution in [0.5, 0.6) is 11.5 Å². The van der Waals surface area contributed by atoms with Gasteiger partial charge >= 0.3 is 0 Å². The number of nitrogens with zero attached hydrogens (tertiary/aromatic N) is 1. The van der Waals surface area contributed by atoms with Crippen molar-refractivity contribution >= 4 is 0 Å². The van der Waals surface area contributed by atoms with Gasteiger partial charge in [0.2, 0.25) is 0 Å². The van der Waals surface area contributed by atoms with Gasteiger partial charge in [0.1, 0.15) is 11.5 Å². The van der Waals surface area contributed by atoms with Crippen molar-refractivity contribution < 1.29 is 9.47 Å². The highest BCUT2D eigenvalue weighted by Crippen LogP contribution is 2.34. The molecule has 4 nitrogen and oxygen atoms in total. The molecule has 0 radical (unpaired) electrons. The highest BCUT2D eigenvalue weighted by Gasteiger charge is 2.28. The molecule has 4 heteroatoms. The van der Waals surface area contributed by atoms with E-state index in [2.05, 4.69) is 17.9 Å². The summed E-state index contributed by atoms with van der Waals surface area (Å²) in [6.07, 6.45) is 1.25. The zero-order valence-corrected chi connectivity index (χ0v) is 12.1. The average molecular weight is 264 g/mol. The third-order valence-electron chi connectivity index (χ3n) is 3.92. The lowest BCUT2D eigenvalue weighted by Gasteiger charge is -2.28. The molecular formula is C15H24N2O2. The Balaban J connectivity index is 2.27. The van der Waals surface area contributed by atoms with E-state index in [0.717, 1.165) is 36.1 Å². The summed E-state index contributed by atoms with van der Waals surface area (Å²) >= 11 is 0. The van der Waals surface area contributed by atoms with Gasteiger partial charge in [0.25, 0.3) is 0 Å². The van der Waals surface area contributed by atoms with E-state index < -0.39 is 0 Å². The van der Waals surface area contributed by atoms with Crippen molar-refractivity contribution in [3.63, 3.8) is 0 Å². The molecule has 1 saturated heterocycles. The number of ether oxygens (including phenoxy) is 2. The van der Waals surface area contributed by atoms with Gasteiger partial charge in [-0.05, 0) is 24.9 Å². The van der Waals surface area contributed by atoms with Crippen LogP contribution in [0.2, 0.25) is 0 Å². The molecule has 2 N–H and O–H groups in total. The maximum absolute atomic E-state index is 6.00. The predicted molar refractivity (Wildman–Crippen MR) is 76.7 cm³/mol. The van der Waals surface area contributed by atoms with E-state index in [0.29, 0.717) is 6.54 Å². The Hall–Kier alpha value is -1.26. The zero-order valence-electron chi connectivity index (χ0n) is 12.1. The maximum Gasteiger partial charge on any atom is 0.127 e. The summed E-state index contributed by atoms with van der Waals surface area (Å²) in [7, 11) is 3.36. The van der Waals surface area contributed by atoms with Gasteiger partial charge in [-0.1, -0.05) is 13.0 Å². The molecule has 1 heterocycles. The first-order chi connectivity index (χ1) is 9.19. The van der Waals surface area contributed by atoms with Crippen molar-refractivity contribution in [1.82, 2.24) is 4.90 Å². The van der Waals surface area contributed by atoms with Gasteiger partial charge in [0.15, 0.2) is 0 Å². The van der Waals surface area contributed by atoms with E-state index >= 15 is 0 Å². The third kappa shape index (κ3) is 3.01. The largest absolute Gasteiger partial charge is 0.497 e. The molecule has 2 unspecified atom stereocenters. The lowest BCUT2D eigenvalue weighted by Crippen LogP contribution is -2.32. The van der Waals surface area contributed by atoms with Crippen molar-refractivity contribution in [3.8, 4) is 11.5 Å². The number of hydrogen-bond acceptors (Lipinski definition) is 4. The summed E-state index contributed by atoms with van der Waals surface area (Å²) in [6, 6.07) is 6.20. The summed E-state index contributed by atoms with van der Waals surface area (Å²) in [5.41, 5.74) is 7.15. The minimum Gasteiger partial charge on any atom is -0.497 e. The van der Waals surface area contributed by atoms with Crippen LogP contribution in [0.3, 0.4) is 0 Å². The van der Waals surface area contributed by atoms with Gasteiger partial charge in [0, 0.05) is 24.7 Å². The second-order valence-electron chi connectivity index (χ2n) is 5.25. The molecular weight excluding hydrogens is 240 g/mol. The molecule has 0 amide bonds. The molecule has 1 aromatic carbocycles. The Kier molecular flexibility index (Phi) is 4.66. The van der Waals surface area contributed by atoms with Gasteiger partial charge in [-0.15, -0.1) is 0 Å². The second kappa shape index (κ2) is 6.26. The van der Waals surface area contributed by atoms with E-state index in [4.69, 9.17) is 15.2 Å². The lowest BCUT2D eigenvalue weighted by molar-refractivity contribution is 0.237. The van der Waals surface area contributed by atoms with Crippen molar-refractivity contribution in [2.45, 2.75) is 19.4 Å². The molecule has 0 saturated carbocycles. The Morgan fingerprint density at radius 3 is 2.68 bits per heavy atom. The van der Waals surface area contributed by atoms with Gasteiger partial charge < -0.3 is 15.2 Å². The van der Waals surface area contributed by atoms with E-state index in [1.54, 1.807) is 14.2 Å². The SMILES string of the molecule is COc1ccc(C(CN)N2CCC(C)C2)c(OC)c1. The van der Waals surface area contributed by atoms with E-state index in [1.807, 2.05) is 12.1 Å². The average Bonchev–Trinajstić information content (AvgIpc) is 2.86. The fraction of sp³-hybridized carbons (Fsp3) is 0.600. The van der Waals surface area contributed by atoms with Crippen molar-refractivity contribution in [1.29, 1.82) is 0 Å². The number of likely N-dealkylation sites (tertiary alicyclic amines) is 1. The fourth-order valence-electron chi connectivity index (χ4n) is 2.82. The van der Waals surface area contributed by atoms with Gasteiger partial charge in [-0.3, -0.25) is 4.90 Å². The highest BCUT2D eigenvalue weighted by atomic mass is 16.5. The Labute approximate surface area is 115 Å². The summed E-state index contributed by atoms with van der Waals surface area (Å²) in [4.78, 5) is 2.45. The Bertz CT molecular complexity index is 423. The summed E-state index contributed by atoms with van der Waals surface area (Å²) in [5.74, 6) is 2.42. The summed E-state index contributed by atoms with van der Waals surface area (Å²) < 4.78 is 10.7. The zero-order chi connectivity index (χ0) is 13.8. The molecule has 0 aromatic heterocycles. The lowest BCUT2D eigenvalue weighted by atomic mass is 10.0. The molecule has 0 aliphatic carbocycles. The van der Waals surface area contributed by atoms with E-state index in [9.17, 15) is 0 Å². The highest BCUT2D eigenvalue weighted by molar-refractivity contribution is 5.42. The van der Waals surface area contributed by atoms with Crippen LogP contribution in [0.1, 0.15) is 24.9 Å². The number of nitrogens with two attached hydrogens (primary N) is 1. The topological polar surface area (TPSA) is 47.7 Å². The maximum atomic E-state index is 6.00. The predicted octanol–water partition coefficient (Wildman–Crippen LogP) is 2.05. The van der Waals surface area contributed by atoms with Gasteiger partial charge in [0.05, 0.1) is 20.3 Å². The number of hydrogen-bond donors (Lipinski definition) is 1. The molecule has 2 rings (SSSR count). The number of benzene rings is 1. The second-order valence-corrected chi connectivity index (χ2v) is 5.25.